The molecule has 0 aliphatic rings. The fraction of sp³-hybridized carbons (Fsp3) is 0.929. The van der Waals surface area contributed by atoms with Gasteiger partial charge in [0.1, 0.15) is 0 Å². The standard InChI is InChI=1S/C14H32N3/c1-7-8-9-10-11-12-13-17(6)14(15(2)3)16(4)5/h7-13H2,1-6H3/q+1. The first-order chi connectivity index (χ1) is 8.00. The molecule has 0 bridgehead atoms. The molecule has 0 unspecified atom stereocenters. The monoisotopic (exact) mass is 242 g/mol. The second-order valence-corrected chi connectivity index (χ2v) is 5.28. The predicted octanol–water partition coefficient (Wildman–Crippen LogP) is 2.47. The number of guanidine groups is 1. The van der Waals surface area contributed by atoms with Crippen molar-refractivity contribution in [2.24, 2.45) is 0 Å². The third-order valence-corrected chi connectivity index (χ3v) is 2.99. The molecule has 0 spiro atoms. The molecule has 102 valence electrons. The lowest BCUT2D eigenvalue weighted by Crippen LogP contribution is -2.43. The molecule has 17 heavy (non-hydrogen) atoms. The quantitative estimate of drug-likeness (QED) is 0.294. The summed E-state index contributed by atoms with van der Waals surface area (Å²) < 4.78 is 2.18. The Kier molecular flexibility index (Phi) is 8.92. The largest absolute Gasteiger partial charge is 0.349 e. The summed E-state index contributed by atoms with van der Waals surface area (Å²) in [6.07, 6.45) is 8.17. The van der Waals surface area contributed by atoms with E-state index in [1.807, 2.05) is 0 Å². The molecule has 0 heterocycles. The predicted molar refractivity (Wildman–Crippen MR) is 76.8 cm³/mol. The Morgan fingerprint density at radius 2 is 1.41 bits per heavy atom. The smallest absolute Gasteiger partial charge is 0.270 e. The van der Waals surface area contributed by atoms with Crippen molar-refractivity contribution < 1.29 is 4.58 Å². The molecule has 0 aliphatic heterocycles. The van der Waals surface area contributed by atoms with Crippen molar-refractivity contribution in [3.63, 3.8) is 0 Å². The second kappa shape index (κ2) is 9.32. The van der Waals surface area contributed by atoms with Gasteiger partial charge in [-0.1, -0.05) is 39.0 Å². The van der Waals surface area contributed by atoms with E-state index in [4.69, 9.17) is 0 Å². The highest BCUT2D eigenvalue weighted by Crippen LogP contribution is 2.05. The van der Waals surface area contributed by atoms with Crippen LogP contribution >= 0.6 is 0 Å². The van der Waals surface area contributed by atoms with E-state index in [-0.39, 0.29) is 0 Å². The summed E-state index contributed by atoms with van der Waals surface area (Å²) in [6, 6.07) is 0. The lowest BCUT2D eigenvalue weighted by Gasteiger charge is -2.21. The first-order valence-electron chi connectivity index (χ1n) is 6.93. The fourth-order valence-electron chi connectivity index (χ4n) is 2.31. The van der Waals surface area contributed by atoms with E-state index >= 15 is 0 Å². The molecular weight excluding hydrogens is 210 g/mol. The number of nitrogens with zero attached hydrogens (tertiary/aromatic N) is 3. The maximum atomic E-state index is 2.35. The minimum Gasteiger partial charge on any atom is -0.270 e. The van der Waals surface area contributed by atoms with Crippen LogP contribution in [0, 0.1) is 0 Å². The van der Waals surface area contributed by atoms with Crippen LogP contribution in [0.4, 0.5) is 0 Å². The topological polar surface area (TPSA) is 9.49 Å². The summed E-state index contributed by atoms with van der Waals surface area (Å²) >= 11 is 0. The molecule has 0 amide bonds. The molecular formula is C14H32N3+. The SMILES string of the molecule is CCCCCCCCN(C)C(N(C)C)=[N+](C)C. The molecule has 0 saturated carbocycles. The van der Waals surface area contributed by atoms with E-state index in [1.165, 1.54) is 44.5 Å². The van der Waals surface area contributed by atoms with Gasteiger partial charge in [0.25, 0.3) is 0 Å². The van der Waals surface area contributed by atoms with Gasteiger partial charge in [-0.15, -0.1) is 0 Å². The third-order valence-electron chi connectivity index (χ3n) is 2.99. The van der Waals surface area contributed by atoms with Crippen LogP contribution in [0.5, 0.6) is 0 Å². The third kappa shape index (κ3) is 7.24. The van der Waals surface area contributed by atoms with E-state index in [0.29, 0.717) is 0 Å². The zero-order valence-electron chi connectivity index (χ0n) is 12.8. The molecule has 0 aromatic carbocycles. The molecule has 0 rings (SSSR count). The van der Waals surface area contributed by atoms with Crippen molar-refractivity contribution in [2.75, 3.05) is 41.8 Å². The average Bonchev–Trinajstić information content (AvgIpc) is 2.22. The Labute approximate surface area is 108 Å². The Bertz CT molecular complexity index is 218. The summed E-state index contributed by atoms with van der Waals surface area (Å²) in [5.41, 5.74) is 0. The van der Waals surface area contributed by atoms with E-state index < -0.39 is 0 Å². The highest BCUT2D eigenvalue weighted by Gasteiger charge is 2.17. The van der Waals surface area contributed by atoms with Crippen LogP contribution in [0.2, 0.25) is 0 Å². The second-order valence-electron chi connectivity index (χ2n) is 5.28. The normalized spacial score (nSPS) is 10.2. The van der Waals surface area contributed by atoms with Crippen molar-refractivity contribution in [1.82, 2.24) is 9.80 Å². The number of unbranched alkanes of at least 4 members (excludes halogenated alkanes) is 5. The molecule has 0 aromatic rings. The van der Waals surface area contributed by atoms with Crippen molar-refractivity contribution in [1.29, 1.82) is 0 Å². The van der Waals surface area contributed by atoms with Gasteiger partial charge in [0, 0.05) is 0 Å². The lowest BCUT2D eigenvalue weighted by molar-refractivity contribution is -0.475. The van der Waals surface area contributed by atoms with Crippen LogP contribution in [0.25, 0.3) is 0 Å². The van der Waals surface area contributed by atoms with E-state index in [9.17, 15) is 0 Å². The summed E-state index contributed by atoms with van der Waals surface area (Å²) in [4.78, 5) is 4.52. The summed E-state index contributed by atoms with van der Waals surface area (Å²) in [5.74, 6) is 1.28. The fourth-order valence-corrected chi connectivity index (χ4v) is 2.31. The van der Waals surface area contributed by atoms with Crippen LogP contribution in [-0.2, 0) is 0 Å². The van der Waals surface area contributed by atoms with Crippen molar-refractivity contribution in [3.05, 3.63) is 0 Å². The maximum Gasteiger partial charge on any atom is 0.349 e. The molecule has 0 fully saturated rings. The van der Waals surface area contributed by atoms with Gasteiger partial charge in [0.2, 0.25) is 0 Å². The van der Waals surface area contributed by atoms with Gasteiger partial charge >= 0.3 is 5.96 Å². The van der Waals surface area contributed by atoms with Crippen LogP contribution in [0.15, 0.2) is 0 Å². The molecule has 3 nitrogen and oxygen atoms in total. The van der Waals surface area contributed by atoms with Crippen molar-refractivity contribution in [3.8, 4) is 0 Å². The Morgan fingerprint density at radius 1 is 0.882 bits per heavy atom. The zero-order valence-corrected chi connectivity index (χ0v) is 12.8. The number of hydrogen-bond donors (Lipinski definition) is 0. The maximum absolute atomic E-state index is 2.35. The summed E-state index contributed by atoms with van der Waals surface area (Å²) in [7, 11) is 10.6. The Morgan fingerprint density at radius 3 is 1.88 bits per heavy atom. The van der Waals surface area contributed by atoms with E-state index in [0.717, 1.165) is 6.54 Å². The first kappa shape index (κ1) is 16.3. The minimum absolute atomic E-state index is 1.15. The van der Waals surface area contributed by atoms with Gasteiger partial charge in [0.15, 0.2) is 0 Å². The lowest BCUT2D eigenvalue weighted by atomic mass is 10.1. The molecule has 0 aliphatic carbocycles. The molecule has 0 N–H and O–H groups in total. The molecule has 0 atom stereocenters. The van der Waals surface area contributed by atoms with E-state index in [1.54, 1.807) is 0 Å². The highest BCUT2D eigenvalue weighted by molar-refractivity contribution is 5.74. The highest BCUT2D eigenvalue weighted by atomic mass is 15.4. The van der Waals surface area contributed by atoms with Crippen LogP contribution in [0.3, 0.4) is 0 Å². The van der Waals surface area contributed by atoms with Crippen LogP contribution in [-0.4, -0.2) is 62.1 Å². The zero-order chi connectivity index (χ0) is 13.3. The van der Waals surface area contributed by atoms with E-state index in [2.05, 4.69) is 56.5 Å². The number of hydrogen-bond acceptors (Lipinski definition) is 0. The molecule has 0 saturated heterocycles. The average molecular weight is 242 g/mol. The van der Waals surface area contributed by atoms with Crippen molar-refractivity contribution in [2.45, 2.75) is 45.4 Å². The van der Waals surface area contributed by atoms with Crippen LogP contribution < -0.4 is 0 Å². The van der Waals surface area contributed by atoms with Gasteiger partial charge in [0.05, 0.1) is 41.8 Å². The first-order valence-corrected chi connectivity index (χ1v) is 6.93. The van der Waals surface area contributed by atoms with Gasteiger partial charge < -0.3 is 0 Å². The Hall–Kier alpha value is -0.730. The molecule has 0 aromatic heterocycles. The van der Waals surface area contributed by atoms with Gasteiger partial charge in [-0.25, -0.2) is 0 Å². The van der Waals surface area contributed by atoms with Gasteiger partial charge in [-0.3, -0.25) is 14.4 Å². The molecule has 3 heteroatoms. The number of rotatable bonds is 7. The van der Waals surface area contributed by atoms with Crippen LogP contribution in [0.1, 0.15) is 45.4 Å². The summed E-state index contributed by atoms with van der Waals surface area (Å²) in [6.45, 7) is 3.42. The molecule has 0 radical (unpaired) electrons. The van der Waals surface area contributed by atoms with Gasteiger partial charge in [-0.05, 0) is 6.42 Å². The van der Waals surface area contributed by atoms with Gasteiger partial charge in [-0.2, -0.15) is 0 Å². The Balaban J connectivity index is 3.85. The van der Waals surface area contributed by atoms with Crippen molar-refractivity contribution >= 4 is 5.96 Å². The minimum atomic E-state index is 1.15. The summed E-state index contributed by atoms with van der Waals surface area (Å²) in [5, 5.41) is 0.